The smallest absolute Gasteiger partial charge is 0.128 e. The number of aromatic hydroxyl groups is 1. The third-order valence-corrected chi connectivity index (χ3v) is 4.83. The van der Waals surface area contributed by atoms with Crippen LogP contribution in [0.15, 0.2) is 42.5 Å². The number of fused-ring (bicyclic) bond motifs is 3. The van der Waals surface area contributed by atoms with E-state index < -0.39 is 0 Å². The fourth-order valence-corrected chi connectivity index (χ4v) is 3.89. The summed E-state index contributed by atoms with van der Waals surface area (Å²) in [6.45, 7) is 0. The third kappa shape index (κ3) is 1.74. The molecule has 0 unspecified atom stereocenters. The van der Waals surface area contributed by atoms with Gasteiger partial charge in [0.15, 0.2) is 0 Å². The van der Waals surface area contributed by atoms with Crippen LogP contribution < -0.4 is 0 Å². The first-order chi connectivity index (χ1) is 9.72. The molecule has 2 aromatic carbocycles. The molecule has 4 heteroatoms. The predicted octanol–water partition coefficient (Wildman–Crippen LogP) is 4.74. The first-order valence-corrected chi connectivity index (χ1v) is 7.49. The topological polar surface area (TPSA) is 33.1 Å². The molecule has 98 valence electrons. The zero-order valence-electron chi connectivity index (χ0n) is 10.4. The van der Waals surface area contributed by atoms with Gasteiger partial charge in [-0.3, -0.25) is 0 Å². The van der Waals surface area contributed by atoms with E-state index in [9.17, 15) is 5.11 Å². The molecule has 0 saturated heterocycles. The number of halogens is 1. The Labute approximate surface area is 125 Å². The van der Waals surface area contributed by atoms with Gasteiger partial charge in [-0.1, -0.05) is 29.8 Å². The van der Waals surface area contributed by atoms with Gasteiger partial charge in [0, 0.05) is 21.9 Å². The quantitative estimate of drug-likeness (QED) is 0.550. The van der Waals surface area contributed by atoms with Crippen LogP contribution in [-0.4, -0.2) is 10.1 Å². The van der Waals surface area contributed by atoms with Crippen molar-refractivity contribution in [2.24, 2.45) is 0 Å². The molecule has 1 aromatic heterocycles. The van der Waals surface area contributed by atoms with Crippen LogP contribution in [0.25, 0.3) is 21.8 Å². The second-order valence-electron chi connectivity index (χ2n) is 4.79. The van der Waals surface area contributed by atoms with Crippen molar-refractivity contribution in [1.82, 2.24) is 4.98 Å². The van der Waals surface area contributed by atoms with Crippen molar-refractivity contribution in [2.75, 3.05) is 0 Å². The van der Waals surface area contributed by atoms with Gasteiger partial charge < -0.3 is 5.11 Å². The fourth-order valence-electron chi connectivity index (χ4n) is 2.56. The lowest BCUT2D eigenvalue weighted by molar-refractivity contribution is 0.477. The van der Waals surface area contributed by atoms with Gasteiger partial charge in [0.1, 0.15) is 10.8 Å². The lowest BCUT2D eigenvalue weighted by Crippen LogP contribution is -1.82. The summed E-state index contributed by atoms with van der Waals surface area (Å²) in [6, 6.07) is 13.2. The van der Waals surface area contributed by atoms with E-state index in [1.165, 1.54) is 10.4 Å². The van der Waals surface area contributed by atoms with Crippen LogP contribution >= 0.6 is 22.9 Å². The Kier molecular flexibility index (Phi) is 2.59. The largest absolute Gasteiger partial charge is 0.507 e. The second kappa shape index (κ2) is 4.33. The van der Waals surface area contributed by atoms with Crippen molar-refractivity contribution in [1.29, 1.82) is 0 Å². The Balaban J connectivity index is 1.85. The molecule has 1 aliphatic rings. The van der Waals surface area contributed by atoms with Gasteiger partial charge >= 0.3 is 0 Å². The minimum absolute atomic E-state index is 0.274. The van der Waals surface area contributed by atoms with Crippen LogP contribution in [-0.2, 0) is 6.42 Å². The molecule has 2 nitrogen and oxygen atoms in total. The van der Waals surface area contributed by atoms with Gasteiger partial charge in [-0.05, 0) is 29.8 Å². The number of nitrogens with zero attached hydrogens (tertiary/aromatic N) is 1. The Morgan fingerprint density at radius 1 is 1.10 bits per heavy atom. The van der Waals surface area contributed by atoms with E-state index in [0.29, 0.717) is 0 Å². The standard InChI is InChI=1S/C16H10ClNOS/c17-10-5-6-11-9(7-10)8-14-15(11)18-16(20-14)12-3-1-2-4-13(12)19/h1-7,19H,8H2. The number of hydrogen-bond donors (Lipinski definition) is 1. The van der Waals surface area contributed by atoms with Crippen LogP contribution in [0.1, 0.15) is 10.4 Å². The number of phenolic OH excluding ortho intramolecular Hbond substituents is 1. The highest BCUT2D eigenvalue weighted by molar-refractivity contribution is 7.15. The van der Waals surface area contributed by atoms with Crippen molar-refractivity contribution in [2.45, 2.75) is 6.42 Å². The zero-order chi connectivity index (χ0) is 13.7. The molecule has 0 bridgehead atoms. The van der Waals surface area contributed by atoms with E-state index in [4.69, 9.17) is 16.6 Å². The maximum absolute atomic E-state index is 9.94. The summed E-state index contributed by atoms with van der Waals surface area (Å²) in [6.07, 6.45) is 0.872. The lowest BCUT2D eigenvalue weighted by Gasteiger charge is -2.01. The molecule has 0 fully saturated rings. The summed E-state index contributed by atoms with van der Waals surface area (Å²) in [7, 11) is 0. The molecule has 4 rings (SSSR count). The number of benzene rings is 2. The van der Waals surface area contributed by atoms with Crippen LogP contribution in [0, 0.1) is 0 Å². The lowest BCUT2D eigenvalue weighted by atomic mass is 10.1. The highest BCUT2D eigenvalue weighted by Crippen LogP contribution is 2.44. The zero-order valence-corrected chi connectivity index (χ0v) is 12.0. The maximum atomic E-state index is 9.94. The highest BCUT2D eigenvalue weighted by Gasteiger charge is 2.24. The summed E-state index contributed by atoms with van der Waals surface area (Å²) in [5.74, 6) is 0.274. The number of phenols is 1. The SMILES string of the molecule is Oc1ccccc1-c1nc2c(s1)Cc1cc(Cl)ccc1-2. The van der Waals surface area contributed by atoms with Crippen molar-refractivity contribution < 1.29 is 5.11 Å². The Morgan fingerprint density at radius 3 is 2.80 bits per heavy atom. The van der Waals surface area contributed by atoms with Gasteiger partial charge in [0.05, 0.1) is 11.3 Å². The molecule has 0 atom stereocenters. The van der Waals surface area contributed by atoms with E-state index in [1.807, 2.05) is 36.4 Å². The first-order valence-electron chi connectivity index (χ1n) is 6.29. The normalized spacial score (nSPS) is 12.2. The second-order valence-corrected chi connectivity index (χ2v) is 6.31. The maximum Gasteiger partial charge on any atom is 0.128 e. The number of thiazole rings is 1. The molecule has 0 saturated carbocycles. The minimum atomic E-state index is 0.274. The summed E-state index contributed by atoms with van der Waals surface area (Å²) in [4.78, 5) is 5.94. The van der Waals surface area contributed by atoms with E-state index in [-0.39, 0.29) is 5.75 Å². The molecule has 0 aliphatic heterocycles. The van der Waals surface area contributed by atoms with E-state index in [2.05, 4.69) is 0 Å². The monoisotopic (exact) mass is 299 g/mol. The van der Waals surface area contributed by atoms with Gasteiger partial charge in [-0.2, -0.15) is 0 Å². The summed E-state index contributed by atoms with van der Waals surface area (Å²) < 4.78 is 0. The van der Waals surface area contributed by atoms with Gasteiger partial charge in [0.2, 0.25) is 0 Å². The summed E-state index contributed by atoms with van der Waals surface area (Å²) in [5.41, 5.74) is 4.21. The van der Waals surface area contributed by atoms with Crippen molar-refractivity contribution in [3.8, 4) is 27.6 Å². The molecule has 0 spiro atoms. The van der Waals surface area contributed by atoms with E-state index in [0.717, 1.165) is 33.3 Å². The van der Waals surface area contributed by atoms with Crippen molar-refractivity contribution in [3.05, 3.63) is 57.9 Å². The third-order valence-electron chi connectivity index (χ3n) is 3.51. The molecule has 1 N–H and O–H groups in total. The summed E-state index contributed by atoms with van der Waals surface area (Å²) >= 11 is 7.67. The van der Waals surface area contributed by atoms with Crippen molar-refractivity contribution in [3.63, 3.8) is 0 Å². The minimum Gasteiger partial charge on any atom is -0.507 e. The highest BCUT2D eigenvalue weighted by atomic mass is 35.5. The van der Waals surface area contributed by atoms with Crippen LogP contribution in [0.2, 0.25) is 5.02 Å². The fraction of sp³-hybridized carbons (Fsp3) is 0.0625. The van der Waals surface area contributed by atoms with Crippen LogP contribution in [0.3, 0.4) is 0 Å². The molecule has 0 radical (unpaired) electrons. The molecule has 1 heterocycles. The van der Waals surface area contributed by atoms with E-state index >= 15 is 0 Å². The van der Waals surface area contributed by atoms with Crippen LogP contribution in [0.4, 0.5) is 0 Å². The van der Waals surface area contributed by atoms with Gasteiger partial charge in [-0.15, -0.1) is 11.3 Å². The Morgan fingerprint density at radius 2 is 1.95 bits per heavy atom. The van der Waals surface area contributed by atoms with E-state index in [1.54, 1.807) is 17.4 Å². The molecule has 3 aromatic rings. The summed E-state index contributed by atoms with van der Waals surface area (Å²) in [5, 5.41) is 11.6. The molecule has 1 aliphatic carbocycles. The molecular weight excluding hydrogens is 290 g/mol. The average Bonchev–Trinajstić information content (AvgIpc) is 2.96. The Hall–Kier alpha value is -1.84. The van der Waals surface area contributed by atoms with Gasteiger partial charge in [-0.25, -0.2) is 4.98 Å². The van der Waals surface area contributed by atoms with Crippen molar-refractivity contribution >= 4 is 22.9 Å². The molecule has 0 amide bonds. The predicted molar refractivity (Wildman–Crippen MR) is 82.5 cm³/mol. The molecular formula is C16H10ClNOS. The Bertz CT molecular complexity index is 825. The van der Waals surface area contributed by atoms with Gasteiger partial charge in [0.25, 0.3) is 0 Å². The number of aromatic nitrogens is 1. The number of para-hydroxylation sites is 1. The average molecular weight is 300 g/mol. The number of rotatable bonds is 1. The first kappa shape index (κ1) is 11.9. The van der Waals surface area contributed by atoms with Crippen LogP contribution in [0.5, 0.6) is 5.75 Å². The number of hydrogen-bond acceptors (Lipinski definition) is 3. The molecule has 20 heavy (non-hydrogen) atoms.